The van der Waals surface area contributed by atoms with Crippen LogP contribution in [0.1, 0.15) is 15.9 Å². The van der Waals surface area contributed by atoms with Crippen molar-refractivity contribution in [2.75, 3.05) is 7.05 Å². The first-order valence-electron chi connectivity index (χ1n) is 9.31. The molecule has 0 saturated heterocycles. The molecule has 0 saturated carbocycles. The number of fused-ring (bicyclic) bond motifs is 1. The largest absolute Gasteiger partial charge is 0.506 e. The van der Waals surface area contributed by atoms with E-state index in [4.69, 9.17) is 5.11 Å². The summed E-state index contributed by atoms with van der Waals surface area (Å²) < 4.78 is 1.83. The van der Waals surface area contributed by atoms with Crippen LogP contribution >= 0.6 is 0 Å². The van der Waals surface area contributed by atoms with Gasteiger partial charge in [0.25, 0.3) is 0 Å². The van der Waals surface area contributed by atoms with Crippen molar-refractivity contribution >= 4 is 27.8 Å². The van der Waals surface area contributed by atoms with Crippen LogP contribution in [-0.4, -0.2) is 38.8 Å². The highest BCUT2D eigenvalue weighted by atomic mass is 16.4. The molecular weight excluding hydrogens is 370 g/mol. The Balaban J connectivity index is 0.000000142. The Morgan fingerprint density at radius 2 is 1.93 bits per heavy atom. The Hall–Kier alpha value is -3.58. The van der Waals surface area contributed by atoms with Crippen molar-refractivity contribution in [3.05, 3.63) is 76.2 Å². The van der Waals surface area contributed by atoms with Crippen LogP contribution in [0.2, 0.25) is 0 Å². The second kappa shape index (κ2) is 7.44. The summed E-state index contributed by atoms with van der Waals surface area (Å²) in [6, 6.07) is 16.6. The topological polar surface area (TPSA) is 107 Å². The smallest absolute Gasteiger partial charge is 0.339 e. The van der Waals surface area contributed by atoms with Crippen LogP contribution in [0.15, 0.2) is 59.4 Å². The number of carbonyl (C=O) groups is 1. The fourth-order valence-corrected chi connectivity index (χ4v) is 3.81. The normalized spacial score (nSPS) is 15.1. The number of hydrogen-bond donors (Lipinski definition) is 4. The summed E-state index contributed by atoms with van der Waals surface area (Å²) in [7, 11) is 1.94. The molecule has 7 nitrogen and oxygen atoms in total. The molecule has 7 heteroatoms. The molecule has 0 bridgehead atoms. The molecule has 4 aromatic rings. The summed E-state index contributed by atoms with van der Waals surface area (Å²) in [5.41, 5.74) is 3.21. The van der Waals surface area contributed by atoms with Gasteiger partial charge in [0, 0.05) is 18.0 Å². The number of aromatic amines is 1. The lowest BCUT2D eigenvalue weighted by molar-refractivity contribution is 0.0694. The van der Waals surface area contributed by atoms with Gasteiger partial charge in [-0.3, -0.25) is 4.57 Å². The molecule has 0 unspecified atom stereocenters. The Morgan fingerprint density at radius 3 is 2.69 bits per heavy atom. The zero-order valence-corrected chi connectivity index (χ0v) is 15.8. The minimum absolute atomic E-state index is 0.00241. The second-order valence-electron chi connectivity index (χ2n) is 7.03. The van der Waals surface area contributed by atoms with Gasteiger partial charge in [-0.15, -0.1) is 0 Å². The molecule has 3 aromatic carbocycles. The quantitative estimate of drug-likeness (QED) is 0.420. The van der Waals surface area contributed by atoms with Crippen molar-refractivity contribution in [1.29, 1.82) is 0 Å². The summed E-state index contributed by atoms with van der Waals surface area (Å²) in [5.74, 6) is -1.29. The van der Waals surface area contributed by atoms with Gasteiger partial charge in [-0.1, -0.05) is 42.5 Å². The zero-order chi connectivity index (χ0) is 20.5. The number of aromatic nitrogens is 2. The minimum atomic E-state index is -1.12. The lowest BCUT2D eigenvalue weighted by Gasteiger charge is -2.22. The highest BCUT2D eigenvalue weighted by molar-refractivity contribution is 6.00. The number of H-pyrrole nitrogens is 1. The highest BCUT2D eigenvalue weighted by Gasteiger charge is 2.21. The molecule has 0 amide bonds. The molecule has 1 atom stereocenters. The van der Waals surface area contributed by atoms with Gasteiger partial charge in [0.15, 0.2) is 0 Å². The van der Waals surface area contributed by atoms with Crippen LogP contribution < -0.4 is 11.0 Å². The summed E-state index contributed by atoms with van der Waals surface area (Å²) >= 11 is 0. The van der Waals surface area contributed by atoms with Crippen LogP contribution in [-0.2, 0) is 13.0 Å². The summed E-state index contributed by atoms with van der Waals surface area (Å²) in [6.07, 6.45) is 0.991. The van der Waals surface area contributed by atoms with E-state index in [1.165, 1.54) is 11.6 Å². The molecule has 5 rings (SSSR count). The molecule has 0 radical (unpaired) electrons. The van der Waals surface area contributed by atoms with Crippen molar-refractivity contribution in [2.24, 2.45) is 0 Å². The van der Waals surface area contributed by atoms with Gasteiger partial charge in [0.05, 0.1) is 11.0 Å². The third-order valence-electron chi connectivity index (χ3n) is 5.28. The number of imidazole rings is 1. The fraction of sp³-hybridized carbons (Fsp3) is 0.182. The van der Waals surface area contributed by atoms with E-state index in [0.29, 0.717) is 11.4 Å². The van der Waals surface area contributed by atoms with Crippen molar-refractivity contribution in [3.63, 3.8) is 0 Å². The number of phenols is 1. The number of likely N-dealkylation sites (N-methyl/N-ethyl adjacent to an activating group) is 1. The van der Waals surface area contributed by atoms with Crippen molar-refractivity contribution in [1.82, 2.24) is 14.9 Å². The van der Waals surface area contributed by atoms with Gasteiger partial charge in [0.2, 0.25) is 0 Å². The van der Waals surface area contributed by atoms with Gasteiger partial charge in [-0.05, 0) is 36.6 Å². The number of hydrogen-bond acceptors (Lipinski definition) is 4. The van der Waals surface area contributed by atoms with E-state index in [1.807, 2.05) is 35.9 Å². The summed E-state index contributed by atoms with van der Waals surface area (Å²) in [4.78, 5) is 25.3. The van der Waals surface area contributed by atoms with Gasteiger partial charge in [-0.25, -0.2) is 9.59 Å². The highest BCUT2D eigenvalue weighted by Crippen LogP contribution is 2.28. The van der Waals surface area contributed by atoms with Gasteiger partial charge >= 0.3 is 11.7 Å². The maximum atomic E-state index is 11.7. The number of rotatable bonds is 2. The minimum Gasteiger partial charge on any atom is -0.506 e. The molecule has 0 spiro atoms. The first kappa shape index (κ1) is 18.8. The molecule has 0 aliphatic carbocycles. The van der Waals surface area contributed by atoms with Crippen LogP contribution in [0.4, 0.5) is 0 Å². The molecule has 1 aliphatic heterocycles. The number of para-hydroxylation sites is 1. The number of aromatic hydroxyl groups is 1. The summed E-state index contributed by atoms with van der Waals surface area (Å²) in [5, 5.41) is 23.0. The molecule has 2 heterocycles. The number of carboxylic acids is 1. The lowest BCUT2D eigenvalue weighted by atomic mass is 10.0. The molecule has 4 N–H and O–H groups in total. The number of aromatic carboxylic acids is 1. The number of carboxylic acid groups (broad SMARTS) is 1. The molecule has 148 valence electrons. The van der Waals surface area contributed by atoms with E-state index in [9.17, 15) is 14.7 Å². The van der Waals surface area contributed by atoms with E-state index < -0.39 is 5.97 Å². The molecule has 1 aliphatic rings. The molecular formula is C22H21N3O4. The average Bonchev–Trinajstić information content (AvgIpc) is 3.05. The van der Waals surface area contributed by atoms with Gasteiger partial charge in [0.1, 0.15) is 11.3 Å². The predicted octanol–water partition coefficient (Wildman–Crippen LogP) is 2.72. The molecule has 29 heavy (non-hydrogen) atoms. The molecule has 1 aromatic heterocycles. The number of nitrogens with one attached hydrogen (secondary N) is 2. The monoisotopic (exact) mass is 391 g/mol. The Bertz CT molecular complexity index is 1270. The van der Waals surface area contributed by atoms with E-state index >= 15 is 0 Å². The SMILES string of the molecule is CN[C@@H]1Cc2cccc3[nH]c(=O)n(c23)C1.O=C(O)c1ccc2ccccc2c1O. The van der Waals surface area contributed by atoms with Crippen molar-refractivity contribution in [3.8, 4) is 5.75 Å². The van der Waals surface area contributed by atoms with Crippen molar-refractivity contribution in [2.45, 2.75) is 19.0 Å². The van der Waals surface area contributed by atoms with Crippen LogP contribution in [0.25, 0.3) is 21.8 Å². The van der Waals surface area contributed by atoms with Crippen LogP contribution in [0.3, 0.4) is 0 Å². The lowest BCUT2D eigenvalue weighted by Crippen LogP contribution is -2.38. The van der Waals surface area contributed by atoms with Gasteiger partial charge < -0.3 is 20.5 Å². The number of nitrogens with zero attached hydrogens (tertiary/aromatic N) is 1. The maximum Gasteiger partial charge on any atom is 0.339 e. The van der Waals surface area contributed by atoms with E-state index in [0.717, 1.165) is 29.4 Å². The second-order valence-corrected chi connectivity index (χ2v) is 7.03. The third-order valence-corrected chi connectivity index (χ3v) is 5.28. The first-order chi connectivity index (χ1) is 14.0. The van der Waals surface area contributed by atoms with E-state index in [2.05, 4.69) is 16.4 Å². The first-order valence-corrected chi connectivity index (χ1v) is 9.31. The zero-order valence-electron chi connectivity index (χ0n) is 15.8. The summed E-state index contributed by atoms with van der Waals surface area (Å²) in [6.45, 7) is 0.756. The maximum absolute atomic E-state index is 11.7. The van der Waals surface area contributed by atoms with Crippen LogP contribution in [0, 0.1) is 0 Å². The molecule has 0 fully saturated rings. The van der Waals surface area contributed by atoms with E-state index in [-0.39, 0.29) is 17.0 Å². The Kier molecular flexibility index (Phi) is 4.82. The van der Waals surface area contributed by atoms with E-state index in [1.54, 1.807) is 18.2 Å². The Labute approximate surface area is 166 Å². The van der Waals surface area contributed by atoms with Crippen molar-refractivity contribution < 1.29 is 15.0 Å². The standard InChI is InChI=1S/C11H13N3O.C11H8O3/c1-12-8-5-7-3-2-4-9-10(7)14(6-8)11(15)13-9;12-10-8-4-2-1-3-7(8)5-6-9(10)11(13)14/h2-4,8,12H,5-6H2,1H3,(H,13,15);1-6,12H,(H,13,14)/t8-;/m1./s1. The Morgan fingerprint density at radius 1 is 1.14 bits per heavy atom. The predicted molar refractivity (Wildman–Crippen MR) is 112 cm³/mol. The van der Waals surface area contributed by atoms with Gasteiger partial charge in [-0.2, -0.15) is 0 Å². The number of benzene rings is 3. The van der Waals surface area contributed by atoms with Crippen LogP contribution in [0.5, 0.6) is 5.75 Å². The average molecular weight is 391 g/mol. The fourth-order valence-electron chi connectivity index (χ4n) is 3.81. The third kappa shape index (κ3) is 3.36.